The number of urea groups is 1. The highest BCUT2D eigenvalue weighted by atomic mass is 16.5. The van der Waals surface area contributed by atoms with E-state index in [1.165, 1.54) is 7.11 Å². The van der Waals surface area contributed by atoms with Crippen LogP contribution >= 0.6 is 0 Å². The maximum Gasteiger partial charge on any atom is 0.322 e. The van der Waals surface area contributed by atoms with Gasteiger partial charge in [-0.1, -0.05) is 0 Å². The van der Waals surface area contributed by atoms with Crippen molar-refractivity contribution in [3.8, 4) is 0 Å². The lowest BCUT2D eigenvalue weighted by atomic mass is 9.87. The fraction of sp³-hybridized carbons (Fsp3) is 0.667. The molecule has 3 amide bonds. The first-order valence-corrected chi connectivity index (χ1v) is 4.81. The van der Waals surface area contributed by atoms with E-state index in [0.717, 1.165) is 6.42 Å². The second-order valence-corrected chi connectivity index (χ2v) is 3.85. The number of carbonyl (C=O) groups is 3. The Morgan fingerprint density at radius 1 is 1.53 bits per heavy atom. The predicted molar refractivity (Wildman–Crippen MR) is 48.8 cm³/mol. The molecule has 0 aromatic heterocycles. The molecule has 2 rings (SSSR count). The van der Waals surface area contributed by atoms with Crippen LogP contribution < -0.4 is 10.6 Å². The third-order valence-electron chi connectivity index (χ3n) is 3.11. The summed E-state index contributed by atoms with van der Waals surface area (Å²) in [5.41, 5.74) is -1.07. The van der Waals surface area contributed by atoms with Crippen molar-refractivity contribution >= 4 is 17.9 Å². The largest absolute Gasteiger partial charge is 0.469 e. The summed E-state index contributed by atoms with van der Waals surface area (Å²) in [6.45, 7) is 0. The molecule has 2 unspecified atom stereocenters. The van der Waals surface area contributed by atoms with E-state index in [9.17, 15) is 14.4 Å². The zero-order valence-electron chi connectivity index (χ0n) is 8.33. The monoisotopic (exact) mass is 212 g/mol. The maximum atomic E-state index is 11.6. The fourth-order valence-corrected chi connectivity index (χ4v) is 2.39. The summed E-state index contributed by atoms with van der Waals surface area (Å²) in [4.78, 5) is 34.2. The van der Waals surface area contributed by atoms with Gasteiger partial charge in [-0.25, -0.2) is 4.79 Å². The molecule has 0 aromatic carbocycles. The van der Waals surface area contributed by atoms with Crippen LogP contribution in [0.4, 0.5) is 4.79 Å². The van der Waals surface area contributed by atoms with Gasteiger partial charge in [0.05, 0.1) is 13.0 Å². The molecule has 2 fully saturated rings. The van der Waals surface area contributed by atoms with Gasteiger partial charge in [0.25, 0.3) is 5.91 Å². The van der Waals surface area contributed by atoms with Crippen molar-refractivity contribution in [3.63, 3.8) is 0 Å². The van der Waals surface area contributed by atoms with Crippen LogP contribution in [-0.4, -0.2) is 30.6 Å². The molecular weight excluding hydrogens is 200 g/mol. The number of methoxy groups -OCH3 is 1. The van der Waals surface area contributed by atoms with E-state index >= 15 is 0 Å². The summed E-state index contributed by atoms with van der Waals surface area (Å²) in [5.74, 6) is -1.42. The van der Waals surface area contributed by atoms with Gasteiger partial charge >= 0.3 is 12.0 Å². The lowest BCUT2D eigenvalue weighted by Gasteiger charge is -2.25. The molecule has 1 spiro atoms. The SMILES string of the molecule is COC(=O)C1CCCC12NC(=O)NC2=O. The molecule has 82 valence electrons. The zero-order chi connectivity index (χ0) is 11.1. The fourth-order valence-electron chi connectivity index (χ4n) is 2.39. The first-order chi connectivity index (χ1) is 7.10. The molecular formula is C9H12N2O4. The van der Waals surface area contributed by atoms with Gasteiger partial charge < -0.3 is 10.1 Å². The highest BCUT2D eigenvalue weighted by molar-refractivity contribution is 6.09. The number of carbonyl (C=O) groups excluding carboxylic acids is 3. The molecule has 6 nitrogen and oxygen atoms in total. The quantitative estimate of drug-likeness (QED) is 0.455. The van der Waals surface area contributed by atoms with Crippen LogP contribution in [0, 0.1) is 5.92 Å². The minimum Gasteiger partial charge on any atom is -0.469 e. The van der Waals surface area contributed by atoms with Gasteiger partial charge in [-0.3, -0.25) is 14.9 Å². The second kappa shape index (κ2) is 3.22. The summed E-state index contributed by atoms with van der Waals surface area (Å²) < 4.78 is 4.63. The van der Waals surface area contributed by atoms with Gasteiger partial charge in [0, 0.05) is 0 Å². The third kappa shape index (κ3) is 1.28. The Hall–Kier alpha value is -1.59. The Bertz CT molecular complexity index is 341. The number of esters is 1. The van der Waals surface area contributed by atoms with Gasteiger partial charge in [-0.2, -0.15) is 0 Å². The number of rotatable bonds is 1. The number of amides is 3. The molecule has 1 saturated carbocycles. The summed E-state index contributed by atoms with van der Waals surface area (Å²) in [6, 6.07) is -0.532. The van der Waals surface area contributed by atoms with E-state index in [1.807, 2.05) is 0 Å². The van der Waals surface area contributed by atoms with Crippen molar-refractivity contribution in [1.29, 1.82) is 0 Å². The Morgan fingerprint density at radius 2 is 2.27 bits per heavy atom. The third-order valence-corrected chi connectivity index (χ3v) is 3.11. The molecule has 1 saturated heterocycles. The number of hydrogen-bond donors (Lipinski definition) is 2. The molecule has 6 heteroatoms. The van der Waals surface area contributed by atoms with Crippen LogP contribution in [-0.2, 0) is 14.3 Å². The predicted octanol–water partition coefficient (Wildman–Crippen LogP) is -0.462. The van der Waals surface area contributed by atoms with Crippen molar-refractivity contribution in [2.75, 3.05) is 7.11 Å². The molecule has 1 heterocycles. The Morgan fingerprint density at radius 3 is 2.80 bits per heavy atom. The first-order valence-electron chi connectivity index (χ1n) is 4.81. The van der Waals surface area contributed by atoms with Crippen LogP contribution in [0.25, 0.3) is 0 Å². The van der Waals surface area contributed by atoms with Crippen LogP contribution in [0.1, 0.15) is 19.3 Å². The summed E-state index contributed by atoms with van der Waals surface area (Å²) >= 11 is 0. The highest BCUT2D eigenvalue weighted by Crippen LogP contribution is 2.38. The minimum atomic E-state index is -1.07. The molecule has 2 N–H and O–H groups in total. The molecule has 0 bridgehead atoms. The molecule has 0 radical (unpaired) electrons. The molecule has 15 heavy (non-hydrogen) atoms. The van der Waals surface area contributed by atoms with E-state index in [0.29, 0.717) is 12.8 Å². The Balaban J connectivity index is 2.30. The van der Waals surface area contributed by atoms with Gasteiger partial charge in [0.15, 0.2) is 0 Å². The van der Waals surface area contributed by atoms with Gasteiger partial charge in [0.1, 0.15) is 5.54 Å². The topological polar surface area (TPSA) is 84.5 Å². The van der Waals surface area contributed by atoms with Crippen molar-refractivity contribution in [1.82, 2.24) is 10.6 Å². The van der Waals surface area contributed by atoms with E-state index in [-0.39, 0.29) is 0 Å². The van der Waals surface area contributed by atoms with Gasteiger partial charge in [0.2, 0.25) is 0 Å². The molecule has 1 aliphatic carbocycles. The first kappa shape index (κ1) is 9.95. The Labute approximate surface area is 86.3 Å². The summed E-state index contributed by atoms with van der Waals surface area (Å²) in [7, 11) is 1.28. The van der Waals surface area contributed by atoms with Crippen molar-refractivity contribution in [2.24, 2.45) is 5.92 Å². The second-order valence-electron chi connectivity index (χ2n) is 3.85. The van der Waals surface area contributed by atoms with Crippen LogP contribution in [0.3, 0.4) is 0 Å². The van der Waals surface area contributed by atoms with Crippen LogP contribution in [0.5, 0.6) is 0 Å². The average Bonchev–Trinajstić information content (AvgIpc) is 2.72. The normalized spacial score (nSPS) is 34.1. The van der Waals surface area contributed by atoms with Crippen LogP contribution in [0.15, 0.2) is 0 Å². The number of ether oxygens (including phenoxy) is 1. The van der Waals surface area contributed by atoms with E-state index in [2.05, 4.69) is 15.4 Å². The zero-order valence-corrected chi connectivity index (χ0v) is 8.33. The number of hydrogen-bond acceptors (Lipinski definition) is 4. The summed E-state index contributed by atoms with van der Waals surface area (Å²) in [5, 5.41) is 4.71. The van der Waals surface area contributed by atoms with Crippen molar-refractivity contribution < 1.29 is 19.1 Å². The van der Waals surface area contributed by atoms with Crippen molar-refractivity contribution in [3.05, 3.63) is 0 Å². The molecule has 0 aromatic rings. The summed E-state index contributed by atoms with van der Waals surface area (Å²) in [6.07, 6.45) is 1.79. The standard InChI is InChI=1S/C9H12N2O4/c1-15-6(12)5-3-2-4-9(5)7(13)10-8(14)11-9/h5H,2-4H2,1H3,(H2,10,11,13,14). The number of imide groups is 1. The lowest BCUT2D eigenvalue weighted by molar-refractivity contribution is -0.149. The minimum absolute atomic E-state index is 0.416. The number of nitrogens with one attached hydrogen (secondary N) is 2. The lowest BCUT2D eigenvalue weighted by Crippen LogP contribution is -2.52. The van der Waals surface area contributed by atoms with Crippen molar-refractivity contribution in [2.45, 2.75) is 24.8 Å². The molecule has 2 aliphatic rings. The van der Waals surface area contributed by atoms with Gasteiger partial charge in [-0.15, -0.1) is 0 Å². The smallest absolute Gasteiger partial charge is 0.322 e. The van der Waals surface area contributed by atoms with E-state index in [1.54, 1.807) is 0 Å². The maximum absolute atomic E-state index is 11.6. The molecule has 1 aliphatic heterocycles. The Kier molecular flexibility index (Phi) is 2.13. The molecule has 2 atom stereocenters. The van der Waals surface area contributed by atoms with Gasteiger partial charge in [-0.05, 0) is 19.3 Å². The van der Waals surface area contributed by atoms with Crippen LogP contribution in [0.2, 0.25) is 0 Å². The average molecular weight is 212 g/mol. The van der Waals surface area contributed by atoms with E-state index < -0.39 is 29.4 Å². The van der Waals surface area contributed by atoms with E-state index in [4.69, 9.17) is 0 Å². The highest BCUT2D eigenvalue weighted by Gasteiger charge is 2.57.